The number of rotatable bonds is 4. The number of anilines is 1. The van der Waals surface area contributed by atoms with Crippen LogP contribution in [0.3, 0.4) is 0 Å². The van der Waals surface area contributed by atoms with Crippen LogP contribution in [0.2, 0.25) is 5.02 Å². The van der Waals surface area contributed by atoms with Crippen molar-refractivity contribution in [1.82, 2.24) is 0 Å². The molecule has 1 saturated heterocycles. The molecule has 2 saturated carbocycles. The minimum Gasteiger partial charge on any atom is -0.347 e. The van der Waals surface area contributed by atoms with Gasteiger partial charge in [0, 0.05) is 23.4 Å². The lowest BCUT2D eigenvalue weighted by molar-refractivity contribution is -0.171. The van der Waals surface area contributed by atoms with Gasteiger partial charge in [0.1, 0.15) is 0 Å². The highest BCUT2D eigenvalue weighted by atomic mass is 35.5. The lowest BCUT2D eigenvalue weighted by Gasteiger charge is -2.41. The van der Waals surface area contributed by atoms with E-state index in [1.54, 1.807) is 0 Å². The van der Waals surface area contributed by atoms with Crippen LogP contribution in [-0.2, 0) is 19.3 Å². The predicted molar refractivity (Wildman–Crippen MR) is 126 cm³/mol. The van der Waals surface area contributed by atoms with Crippen LogP contribution in [0.5, 0.6) is 0 Å². The molecule has 2 aliphatic carbocycles. The molecule has 1 N–H and O–H groups in total. The third-order valence-corrected chi connectivity index (χ3v) is 10.2. The van der Waals surface area contributed by atoms with Gasteiger partial charge in [-0.25, -0.2) is 21.6 Å². The van der Waals surface area contributed by atoms with Gasteiger partial charge in [-0.3, -0.25) is 4.79 Å². The van der Waals surface area contributed by atoms with Crippen molar-refractivity contribution < 1.29 is 35.9 Å². The average molecular weight is 544 g/mol. The highest BCUT2D eigenvalue weighted by Crippen LogP contribution is 2.55. The van der Waals surface area contributed by atoms with Crippen molar-refractivity contribution in [2.24, 2.45) is 11.8 Å². The summed E-state index contributed by atoms with van der Waals surface area (Å²) in [5, 5.41) is 1.57. The second-order valence-electron chi connectivity index (χ2n) is 10.3. The van der Waals surface area contributed by atoms with E-state index < -0.39 is 49.8 Å². The van der Waals surface area contributed by atoms with Crippen molar-refractivity contribution >= 4 is 33.0 Å². The first-order valence-corrected chi connectivity index (χ1v) is 13.6. The number of carbonyl (C=O) groups excluding carboxylic acids is 1. The molecule has 0 radical (unpaired) electrons. The van der Waals surface area contributed by atoms with E-state index in [0.717, 1.165) is 12.8 Å². The molecule has 194 valence electrons. The Kier molecular flexibility index (Phi) is 6.18. The molecule has 3 fully saturated rings. The van der Waals surface area contributed by atoms with Gasteiger partial charge in [0.2, 0.25) is 0 Å². The molecule has 0 aromatic heterocycles. The molecule has 6 nitrogen and oxygen atoms in total. The third-order valence-electron chi connectivity index (χ3n) is 7.35. The Morgan fingerprint density at radius 2 is 1.67 bits per heavy atom. The first-order valence-electron chi connectivity index (χ1n) is 11.6. The zero-order valence-electron chi connectivity index (χ0n) is 19.6. The molecule has 2 atom stereocenters. The number of benzene rings is 2. The predicted octanol–water partition coefficient (Wildman–Crippen LogP) is 5.49. The fourth-order valence-electron chi connectivity index (χ4n) is 6.05. The third kappa shape index (κ3) is 4.42. The minimum absolute atomic E-state index is 0.0216. The van der Waals surface area contributed by atoms with E-state index in [-0.39, 0.29) is 33.0 Å². The number of sulfone groups is 1. The number of fused-ring (bicyclic) bond motifs is 2. The molecule has 1 heterocycles. The molecular weight excluding hydrogens is 519 g/mol. The topological polar surface area (TPSA) is 81.7 Å². The van der Waals surface area contributed by atoms with Gasteiger partial charge in [-0.1, -0.05) is 11.6 Å². The smallest absolute Gasteiger partial charge is 0.255 e. The molecule has 11 heteroatoms. The number of halogens is 4. The molecule has 36 heavy (non-hydrogen) atoms. The minimum atomic E-state index is -3.93. The molecule has 2 unspecified atom stereocenters. The number of hydrogen-bond acceptors (Lipinski definition) is 5. The molecule has 2 bridgehead atoms. The van der Waals surface area contributed by atoms with Gasteiger partial charge in [0.05, 0.1) is 27.4 Å². The molecular formula is C25H25ClF3NO5S. The van der Waals surface area contributed by atoms with Crippen LogP contribution in [0.1, 0.15) is 49.9 Å². The summed E-state index contributed by atoms with van der Waals surface area (Å²) < 4.78 is 79.9. The Labute approximate surface area is 212 Å². The Balaban J connectivity index is 1.41. The summed E-state index contributed by atoms with van der Waals surface area (Å²) in [7, 11) is -3.93. The first kappa shape index (κ1) is 25.5. The number of ether oxygens (including phenoxy) is 2. The zero-order valence-corrected chi connectivity index (χ0v) is 21.2. The van der Waals surface area contributed by atoms with Crippen molar-refractivity contribution in [1.29, 1.82) is 0 Å². The van der Waals surface area contributed by atoms with E-state index in [0.29, 0.717) is 31.6 Å². The molecule has 1 amide bonds. The van der Waals surface area contributed by atoms with Crippen LogP contribution >= 0.6 is 11.6 Å². The molecule has 2 aromatic rings. The second kappa shape index (κ2) is 8.72. The average Bonchev–Trinajstić information content (AvgIpc) is 3.25. The highest BCUT2D eigenvalue weighted by Gasteiger charge is 2.58. The van der Waals surface area contributed by atoms with E-state index >= 15 is 0 Å². The van der Waals surface area contributed by atoms with Gasteiger partial charge in [-0.2, -0.15) is 0 Å². The fourth-order valence-corrected chi connectivity index (χ4v) is 8.89. The van der Waals surface area contributed by atoms with Gasteiger partial charge in [0.25, 0.3) is 5.91 Å². The van der Waals surface area contributed by atoms with Crippen LogP contribution in [0.25, 0.3) is 0 Å². The number of amides is 1. The van der Waals surface area contributed by atoms with Crippen molar-refractivity contribution in [2.45, 2.75) is 61.1 Å². The van der Waals surface area contributed by atoms with Crippen molar-refractivity contribution in [2.75, 3.05) is 11.9 Å². The van der Waals surface area contributed by atoms with Crippen molar-refractivity contribution in [3.05, 3.63) is 58.4 Å². The Morgan fingerprint density at radius 3 is 2.22 bits per heavy atom. The molecule has 5 rings (SSSR count). The summed E-state index contributed by atoms with van der Waals surface area (Å²) in [6, 6.07) is 5.05. The summed E-state index contributed by atoms with van der Waals surface area (Å²) in [6.45, 7) is 4.11. The maximum absolute atomic E-state index is 13.8. The highest BCUT2D eigenvalue weighted by molar-refractivity contribution is 7.92. The van der Waals surface area contributed by atoms with E-state index in [1.165, 1.54) is 18.2 Å². The molecule has 2 aromatic carbocycles. The Morgan fingerprint density at radius 1 is 1.06 bits per heavy atom. The lowest BCUT2D eigenvalue weighted by Crippen LogP contribution is -2.48. The first-order chi connectivity index (χ1) is 16.8. The number of nitrogens with one attached hydrogen (secondary N) is 1. The normalized spacial score (nSPS) is 29.0. The Hall–Kier alpha value is -2.14. The summed E-state index contributed by atoms with van der Waals surface area (Å²) in [4.78, 5) is 12.6. The fraction of sp³-hybridized carbons (Fsp3) is 0.480. The van der Waals surface area contributed by atoms with E-state index in [1.807, 2.05) is 13.8 Å². The monoisotopic (exact) mass is 543 g/mol. The maximum Gasteiger partial charge on any atom is 0.255 e. The zero-order chi connectivity index (χ0) is 26.0. The summed E-state index contributed by atoms with van der Waals surface area (Å²) in [6.07, 6.45) is 2.58. The molecule has 1 spiro atoms. The number of carbonyl (C=O) groups is 1. The van der Waals surface area contributed by atoms with Crippen LogP contribution in [0.4, 0.5) is 18.9 Å². The Bertz CT molecular complexity index is 1310. The standard InChI is InChI=1S/C25H25ClF3NO5S/c1-24(2)34-12-25(35-24)10-14-3-4-15(11-25)22(14)36(32,33)20-7-13(5-6-17(20)26)23(31)30-16-8-18(27)21(29)19(28)9-16/h5-9,14-15,22H,3-4,10-12H2,1-2H3,(H,30,31). The van der Waals surface area contributed by atoms with Gasteiger partial charge in [-0.05, 0) is 69.6 Å². The van der Waals surface area contributed by atoms with E-state index in [2.05, 4.69) is 5.32 Å². The van der Waals surface area contributed by atoms with Crippen LogP contribution in [0, 0.1) is 29.3 Å². The lowest BCUT2D eigenvalue weighted by atomic mass is 9.77. The van der Waals surface area contributed by atoms with Crippen LogP contribution < -0.4 is 5.32 Å². The maximum atomic E-state index is 13.8. The van der Waals surface area contributed by atoms with Gasteiger partial charge in [0.15, 0.2) is 33.1 Å². The molecule has 1 aliphatic heterocycles. The van der Waals surface area contributed by atoms with Crippen molar-refractivity contribution in [3.63, 3.8) is 0 Å². The second-order valence-corrected chi connectivity index (χ2v) is 12.8. The molecule has 3 aliphatic rings. The SMILES string of the molecule is CC1(C)OCC2(CC3CCC(C2)C3S(=O)(=O)c2cc(C(=O)Nc3cc(F)c(F)c(F)c3)ccc2Cl)O1. The van der Waals surface area contributed by atoms with Gasteiger partial charge >= 0.3 is 0 Å². The van der Waals surface area contributed by atoms with Gasteiger partial charge in [-0.15, -0.1) is 0 Å². The van der Waals surface area contributed by atoms with E-state index in [9.17, 15) is 26.4 Å². The summed E-state index contributed by atoms with van der Waals surface area (Å²) >= 11 is 6.30. The van der Waals surface area contributed by atoms with Gasteiger partial charge < -0.3 is 14.8 Å². The van der Waals surface area contributed by atoms with Crippen LogP contribution in [-0.4, -0.2) is 37.6 Å². The summed E-state index contributed by atoms with van der Waals surface area (Å²) in [5.41, 5.74) is -0.892. The quantitative estimate of drug-likeness (QED) is 0.515. The van der Waals surface area contributed by atoms with E-state index in [4.69, 9.17) is 21.1 Å². The van der Waals surface area contributed by atoms with Crippen molar-refractivity contribution in [3.8, 4) is 0 Å². The summed E-state index contributed by atoms with van der Waals surface area (Å²) in [5.74, 6) is -6.42. The number of hydrogen-bond donors (Lipinski definition) is 1. The largest absolute Gasteiger partial charge is 0.347 e. The van der Waals surface area contributed by atoms with Crippen LogP contribution in [0.15, 0.2) is 35.2 Å².